The molecule has 0 aliphatic heterocycles. The van der Waals surface area contributed by atoms with E-state index < -0.39 is 10.9 Å². The summed E-state index contributed by atoms with van der Waals surface area (Å²) < 4.78 is 0. The maximum Gasteiger partial charge on any atom is 0.354 e. The monoisotopic (exact) mass is 281 g/mol. The van der Waals surface area contributed by atoms with Gasteiger partial charge in [-0.2, -0.15) is 0 Å². The molecule has 1 fully saturated rings. The lowest BCUT2D eigenvalue weighted by Gasteiger charge is -2.15. The van der Waals surface area contributed by atoms with Crippen molar-refractivity contribution in [3.63, 3.8) is 0 Å². The van der Waals surface area contributed by atoms with E-state index in [0.29, 0.717) is 13.0 Å². The Labute approximate surface area is 114 Å². The van der Waals surface area contributed by atoms with Gasteiger partial charge in [0.15, 0.2) is 5.69 Å². The summed E-state index contributed by atoms with van der Waals surface area (Å²) in [7, 11) is 0. The van der Waals surface area contributed by atoms with Gasteiger partial charge in [0.1, 0.15) is 0 Å². The van der Waals surface area contributed by atoms with E-state index in [9.17, 15) is 14.9 Å². The summed E-state index contributed by atoms with van der Waals surface area (Å²) in [5.41, 5.74) is -0.552. The number of aliphatic hydroxyl groups is 1. The Balaban J connectivity index is 2.17. The van der Waals surface area contributed by atoms with Crippen LogP contribution in [-0.2, 0) is 0 Å². The van der Waals surface area contributed by atoms with Crippen molar-refractivity contribution in [2.75, 3.05) is 18.5 Å². The maximum absolute atomic E-state index is 10.9. The topological polar surface area (TPSA) is 126 Å². The van der Waals surface area contributed by atoms with Gasteiger partial charge >= 0.3 is 11.7 Å². The number of rotatable bonds is 7. The van der Waals surface area contributed by atoms with Crippen molar-refractivity contribution in [3.05, 3.63) is 27.9 Å². The van der Waals surface area contributed by atoms with E-state index in [-0.39, 0.29) is 29.2 Å². The fourth-order valence-corrected chi connectivity index (χ4v) is 2.05. The number of hydrogen-bond acceptors (Lipinski definition) is 6. The third kappa shape index (κ3) is 3.02. The molecule has 0 amide bonds. The van der Waals surface area contributed by atoms with Gasteiger partial charge in [-0.15, -0.1) is 0 Å². The van der Waals surface area contributed by atoms with Crippen molar-refractivity contribution in [1.82, 2.24) is 4.98 Å². The molecule has 8 nitrogen and oxygen atoms in total. The van der Waals surface area contributed by atoms with E-state index in [1.54, 1.807) is 0 Å². The Kier molecular flexibility index (Phi) is 3.84. The minimum atomic E-state index is -1.24. The van der Waals surface area contributed by atoms with Crippen LogP contribution in [0.15, 0.2) is 12.1 Å². The van der Waals surface area contributed by atoms with Crippen LogP contribution in [-0.4, -0.2) is 39.2 Å². The second kappa shape index (κ2) is 5.41. The first kappa shape index (κ1) is 14.2. The largest absolute Gasteiger partial charge is 0.477 e. The number of carboxylic acids is 1. The first-order chi connectivity index (χ1) is 9.47. The fraction of sp³-hybridized carbons (Fsp3) is 0.500. The predicted molar refractivity (Wildman–Crippen MR) is 69.7 cm³/mol. The zero-order chi connectivity index (χ0) is 14.8. The molecule has 0 bridgehead atoms. The van der Waals surface area contributed by atoms with Crippen molar-refractivity contribution >= 4 is 17.5 Å². The molecule has 1 heterocycles. The Morgan fingerprint density at radius 2 is 2.20 bits per heavy atom. The lowest BCUT2D eigenvalue weighted by atomic mass is 10.0. The summed E-state index contributed by atoms with van der Waals surface area (Å²) in [6, 6.07) is 2.23. The average Bonchev–Trinajstić information content (AvgIpc) is 3.16. The minimum Gasteiger partial charge on any atom is -0.477 e. The van der Waals surface area contributed by atoms with Gasteiger partial charge in [-0.25, -0.2) is 9.78 Å². The predicted octanol–water partition coefficient (Wildman–Crippen LogP) is 1.26. The molecule has 1 aromatic rings. The number of aliphatic hydroxyl groups excluding tert-OH is 1. The molecule has 0 spiro atoms. The Hall–Kier alpha value is -2.22. The molecule has 0 radical (unpaired) electrons. The van der Waals surface area contributed by atoms with E-state index in [1.165, 1.54) is 0 Å². The van der Waals surface area contributed by atoms with E-state index >= 15 is 0 Å². The number of pyridine rings is 1. The van der Waals surface area contributed by atoms with Gasteiger partial charge in [-0.1, -0.05) is 0 Å². The molecule has 0 aromatic carbocycles. The van der Waals surface area contributed by atoms with Crippen LogP contribution in [0.2, 0.25) is 0 Å². The molecule has 1 aliphatic rings. The van der Waals surface area contributed by atoms with Gasteiger partial charge in [0, 0.05) is 19.2 Å². The first-order valence-corrected chi connectivity index (χ1v) is 6.21. The highest BCUT2D eigenvalue weighted by Gasteiger charge is 2.42. The van der Waals surface area contributed by atoms with E-state index in [4.69, 9.17) is 10.2 Å². The molecular weight excluding hydrogens is 266 g/mol. The molecule has 0 unspecified atom stereocenters. The van der Waals surface area contributed by atoms with Crippen LogP contribution in [0.25, 0.3) is 0 Å². The lowest BCUT2D eigenvalue weighted by molar-refractivity contribution is -0.384. The number of aromatic nitrogens is 1. The molecular formula is C12H15N3O5. The van der Waals surface area contributed by atoms with Gasteiger partial charge in [0.2, 0.25) is 5.82 Å². The summed E-state index contributed by atoms with van der Waals surface area (Å²) in [6.45, 7) is 0.497. The number of nitro groups is 1. The molecule has 8 heteroatoms. The lowest BCUT2D eigenvalue weighted by Crippen LogP contribution is -2.18. The van der Waals surface area contributed by atoms with E-state index in [0.717, 1.165) is 25.0 Å². The Bertz CT molecular complexity index is 542. The molecule has 108 valence electrons. The van der Waals surface area contributed by atoms with Crippen LogP contribution in [0.4, 0.5) is 11.5 Å². The van der Waals surface area contributed by atoms with Gasteiger partial charge in [0.05, 0.1) is 4.92 Å². The molecule has 1 aromatic heterocycles. The summed E-state index contributed by atoms with van der Waals surface area (Å²) in [5, 5.41) is 31.6. The number of nitrogens with one attached hydrogen (secondary N) is 1. The van der Waals surface area contributed by atoms with Gasteiger partial charge < -0.3 is 15.5 Å². The van der Waals surface area contributed by atoms with Crippen LogP contribution >= 0.6 is 0 Å². The molecule has 1 aliphatic carbocycles. The van der Waals surface area contributed by atoms with Crippen LogP contribution in [0, 0.1) is 15.5 Å². The average molecular weight is 281 g/mol. The molecule has 0 atom stereocenters. The molecule has 3 N–H and O–H groups in total. The SMILES string of the molecule is O=C(O)c1ccc([N+](=O)[O-])c(NCC2(CCO)CC2)n1. The number of hydrogen-bond donors (Lipinski definition) is 3. The summed E-state index contributed by atoms with van der Waals surface area (Å²) in [5.74, 6) is -1.28. The number of carboxylic acid groups (broad SMARTS) is 1. The van der Waals surface area contributed by atoms with E-state index in [1.807, 2.05) is 0 Å². The third-order valence-electron chi connectivity index (χ3n) is 3.52. The zero-order valence-corrected chi connectivity index (χ0v) is 10.7. The van der Waals surface area contributed by atoms with Crippen LogP contribution in [0.1, 0.15) is 29.8 Å². The summed E-state index contributed by atoms with van der Waals surface area (Å²) in [4.78, 5) is 24.9. The Morgan fingerprint density at radius 3 is 2.70 bits per heavy atom. The van der Waals surface area contributed by atoms with Gasteiger partial charge in [0.25, 0.3) is 0 Å². The second-order valence-corrected chi connectivity index (χ2v) is 4.95. The highest BCUT2D eigenvalue weighted by molar-refractivity contribution is 5.86. The molecule has 2 rings (SSSR count). The van der Waals surface area contributed by atoms with Crippen molar-refractivity contribution in [3.8, 4) is 0 Å². The molecule has 1 saturated carbocycles. The van der Waals surface area contributed by atoms with Crippen molar-refractivity contribution in [1.29, 1.82) is 0 Å². The molecule has 20 heavy (non-hydrogen) atoms. The van der Waals surface area contributed by atoms with E-state index in [2.05, 4.69) is 10.3 Å². The van der Waals surface area contributed by atoms with Crippen LogP contribution in [0.5, 0.6) is 0 Å². The van der Waals surface area contributed by atoms with Crippen molar-refractivity contribution in [2.24, 2.45) is 5.41 Å². The van der Waals surface area contributed by atoms with Crippen LogP contribution < -0.4 is 5.32 Å². The van der Waals surface area contributed by atoms with Gasteiger partial charge in [-0.05, 0) is 30.7 Å². The van der Waals surface area contributed by atoms with Gasteiger partial charge in [-0.3, -0.25) is 10.1 Å². The number of carbonyl (C=O) groups is 1. The normalized spacial score (nSPS) is 15.7. The quantitative estimate of drug-likeness (QED) is 0.507. The zero-order valence-electron chi connectivity index (χ0n) is 10.7. The summed E-state index contributed by atoms with van der Waals surface area (Å²) >= 11 is 0. The minimum absolute atomic E-state index is 0.0425. The highest BCUT2D eigenvalue weighted by atomic mass is 16.6. The second-order valence-electron chi connectivity index (χ2n) is 4.95. The highest BCUT2D eigenvalue weighted by Crippen LogP contribution is 2.48. The fourth-order valence-electron chi connectivity index (χ4n) is 2.05. The maximum atomic E-state index is 10.9. The third-order valence-corrected chi connectivity index (χ3v) is 3.52. The Morgan fingerprint density at radius 1 is 1.50 bits per heavy atom. The standard InChI is InChI=1S/C12H15N3O5/c16-6-5-12(3-4-12)7-13-10-9(15(19)20)2-1-8(14-10)11(17)18/h1-2,16H,3-7H2,(H,13,14)(H,17,18). The van der Waals surface area contributed by atoms with Crippen molar-refractivity contribution in [2.45, 2.75) is 19.3 Å². The number of aromatic carboxylic acids is 1. The van der Waals surface area contributed by atoms with Crippen molar-refractivity contribution < 1.29 is 19.9 Å². The number of anilines is 1. The smallest absolute Gasteiger partial charge is 0.354 e. The first-order valence-electron chi connectivity index (χ1n) is 6.21. The summed E-state index contributed by atoms with van der Waals surface area (Å²) in [6.07, 6.45) is 2.49. The molecule has 0 saturated heterocycles. The number of nitrogens with zero attached hydrogens (tertiary/aromatic N) is 2. The van der Waals surface area contributed by atoms with Crippen LogP contribution in [0.3, 0.4) is 0 Å².